The number of amides is 2. The van der Waals surface area contributed by atoms with Crippen molar-refractivity contribution in [2.24, 2.45) is 0 Å². The SMILES string of the molecule is CN(CCOCCOCCOCCOCCOCCOCCOCCOCCOCCOCCOCCOCCCNC(=O)CCC(=O)O)C(=O)OC(C)(C)C. The molecule has 0 saturated carbocycles. The van der Waals surface area contributed by atoms with Crippen LogP contribution in [0.4, 0.5) is 4.79 Å². The van der Waals surface area contributed by atoms with E-state index in [1.165, 1.54) is 4.90 Å². The minimum Gasteiger partial charge on any atom is -0.481 e. The van der Waals surface area contributed by atoms with Crippen molar-refractivity contribution in [3.63, 3.8) is 0 Å². The van der Waals surface area contributed by atoms with Crippen molar-refractivity contribution in [2.45, 2.75) is 45.6 Å². The lowest BCUT2D eigenvalue weighted by molar-refractivity contribution is -0.138. The van der Waals surface area contributed by atoms with Gasteiger partial charge in [0.1, 0.15) is 5.60 Å². The molecule has 0 spiro atoms. The van der Waals surface area contributed by atoms with Gasteiger partial charge in [-0.2, -0.15) is 0 Å². The molecule has 0 rings (SSSR count). The molecule has 0 unspecified atom stereocenters. The topological polar surface area (TPSA) is 207 Å². The Morgan fingerprint density at radius 3 is 1.04 bits per heavy atom. The van der Waals surface area contributed by atoms with Gasteiger partial charge < -0.3 is 76.9 Å². The molecule has 0 aromatic heterocycles. The van der Waals surface area contributed by atoms with Gasteiger partial charge >= 0.3 is 12.1 Å². The van der Waals surface area contributed by atoms with Crippen LogP contribution in [0.25, 0.3) is 0 Å². The number of carboxylic acid groups (broad SMARTS) is 1. The maximum absolute atomic E-state index is 11.9. The molecule has 2 amide bonds. The highest BCUT2D eigenvalue weighted by Crippen LogP contribution is 2.08. The molecule has 0 bridgehead atoms. The van der Waals surface area contributed by atoms with Crippen LogP contribution in [0, 0.1) is 0 Å². The molecule has 0 radical (unpaired) electrons. The molecule has 2 N–H and O–H groups in total. The van der Waals surface area contributed by atoms with Crippen molar-refractivity contribution in [3.8, 4) is 0 Å². The Hall–Kier alpha value is -2.27. The average molecular weight is 817 g/mol. The standard InChI is InChI=1S/C37H72N2O17/c1-37(2,3)56-36(43)39(4)9-11-45-13-15-47-17-19-49-21-23-51-25-27-53-29-31-55-33-32-54-30-28-52-26-24-50-22-20-48-18-16-46-14-12-44-10-5-8-38-34(40)6-7-35(41)42/h5-33H2,1-4H3,(H,38,40)(H,41,42). The largest absolute Gasteiger partial charge is 0.481 e. The van der Waals surface area contributed by atoms with Crippen LogP contribution in [-0.4, -0.2) is 212 Å². The van der Waals surface area contributed by atoms with Gasteiger partial charge in [-0.3, -0.25) is 9.59 Å². The van der Waals surface area contributed by atoms with Crippen LogP contribution in [0.15, 0.2) is 0 Å². The van der Waals surface area contributed by atoms with E-state index >= 15 is 0 Å². The van der Waals surface area contributed by atoms with Crippen LogP contribution in [0.5, 0.6) is 0 Å². The third kappa shape index (κ3) is 44.4. The molecule has 0 aliphatic carbocycles. The van der Waals surface area contributed by atoms with Gasteiger partial charge in [0, 0.05) is 33.2 Å². The molecule has 19 heteroatoms. The lowest BCUT2D eigenvalue weighted by Crippen LogP contribution is -2.36. The van der Waals surface area contributed by atoms with E-state index in [-0.39, 0.29) is 24.8 Å². The molecule has 0 aliphatic rings. The van der Waals surface area contributed by atoms with Gasteiger partial charge in [-0.25, -0.2) is 4.79 Å². The first-order valence-corrected chi connectivity index (χ1v) is 19.5. The molecular weight excluding hydrogens is 744 g/mol. The number of likely N-dealkylation sites (N-methyl/N-ethyl adjacent to an activating group) is 1. The number of carbonyl (C=O) groups excluding carboxylic acids is 2. The second-order valence-corrected chi connectivity index (χ2v) is 12.8. The third-order valence-corrected chi connectivity index (χ3v) is 6.72. The number of aliphatic carboxylic acids is 1. The number of rotatable bonds is 43. The number of hydrogen-bond acceptors (Lipinski definition) is 16. The van der Waals surface area contributed by atoms with Gasteiger partial charge in [0.2, 0.25) is 5.91 Å². The Balaban J connectivity index is 3.15. The summed E-state index contributed by atoms with van der Waals surface area (Å²) < 4.78 is 70.9. The molecule has 19 nitrogen and oxygen atoms in total. The van der Waals surface area contributed by atoms with E-state index < -0.39 is 11.6 Å². The summed E-state index contributed by atoms with van der Waals surface area (Å²) in [6, 6.07) is 0. The molecule has 0 aromatic carbocycles. The fourth-order valence-corrected chi connectivity index (χ4v) is 3.86. The second kappa shape index (κ2) is 40.9. The van der Waals surface area contributed by atoms with Gasteiger partial charge in [0.25, 0.3) is 0 Å². The lowest BCUT2D eigenvalue weighted by atomic mass is 10.2. The number of carboxylic acids is 1. The predicted octanol–water partition coefficient (Wildman–Crippen LogP) is 1.42. The van der Waals surface area contributed by atoms with Gasteiger partial charge in [-0.15, -0.1) is 0 Å². The molecule has 0 heterocycles. The van der Waals surface area contributed by atoms with E-state index in [0.717, 1.165) is 0 Å². The normalized spacial score (nSPS) is 11.6. The maximum atomic E-state index is 11.9. The summed E-state index contributed by atoms with van der Waals surface area (Å²) in [4.78, 5) is 35.1. The van der Waals surface area contributed by atoms with Crippen molar-refractivity contribution in [2.75, 3.05) is 179 Å². The summed E-state index contributed by atoms with van der Waals surface area (Å²) in [7, 11) is 1.68. The molecule has 0 fully saturated rings. The van der Waals surface area contributed by atoms with E-state index in [4.69, 9.17) is 66.7 Å². The van der Waals surface area contributed by atoms with Crippen molar-refractivity contribution in [1.82, 2.24) is 10.2 Å². The number of ether oxygens (including phenoxy) is 13. The van der Waals surface area contributed by atoms with Crippen LogP contribution in [0.1, 0.15) is 40.0 Å². The lowest BCUT2D eigenvalue weighted by Gasteiger charge is -2.24. The first-order valence-electron chi connectivity index (χ1n) is 19.5. The van der Waals surface area contributed by atoms with Crippen LogP contribution in [-0.2, 0) is 71.2 Å². The Morgan fingerprint density at radius 1 is 0.464 bits per heavy atom. The van der Waals surface area contributed by atoms with Crippen LogP contribution >= 0.6 is 0 Å². The number of nitrogens with one attached hydrogen (secondary N) is 1. The Morgan fingerprint density at radius 2 is 0.750 bits per heavy atom. The zero-order valence-corrected chi connectivity index (χ0v) is 34.4. The van der Waals surface area contributed by atoms with Crippen LogP contribution in [0.2, 0.25) is 0 Å². The van der Waals surface area contributed by atoms with Gasteiger partial charge in [0.15, 0.2) is 0 Å². The number of carbonyl (C=O) groups is 3. The summed E-state index contributed by atoms with van der Waals surface area (Å²) in [5.41, 5.74) is -0.518. The summed E-state index contributed by atoms with van der Waals surface area (Å²) in [5, 5.41) is 11.2. The molecule has 0 atom stereocenters. The second-order valence-electron chi connectivity index (χ2n) is 12.8. The van der Waals surface area contributed by atoms with Gasteiger partial charge in [0.05, 0.1) is 158 Å². The number of nitrogens with zero attached hydrogens (tertiary/aromatic N) is 1. The van der Waals surface area contributed by atoms with Crippen molar-refractivity contribution < 1.29 is 81.1 Å². The number of hydrogen-bond donors (Lipinski definition) is 2. The molecular formula is C37H72N2O17. The highest BCUT2D eigenvalue weighted by Gasteiger charge is 2.19. The quantitative estimate of drug-likeness (QED) is 0.0835. The first-order chi connectivity index (χ1) is 27.1. The third-order valence-electron chi connectivity index (χ3n) is 6.72. The Labute approximate surface area is 333 Å². The minimum atomic E-state index is -0.986. The van der Waals surface area contributed by atoms with E-state index in [2.05, 4.69) is 5.32 Å². The monoisotopic (exact) mass is 816 g/mol. The highest BCUT2D eigenvalue weighted by molar-refractivity contribution is 5.80. The Bertz CT molecular complexity index is 898. The fraction of sp³-hybridized carbons (Fsp3) is 0.919. The average Bonchev–Trinajstić information content (AvgIpc) is 3.15. The van der Waals surface area contributed by atoms with Crippen LogP contribution < -0.4 is 5.32 Å². The van der Waals surface area contributed by atoms with Gasteiger partial charge in [-0.1, -0.05) is 0 Å². The molecule has 332 valence electrons. The predicted molar refractivity (Wildman–Crippen MR) is 203 cm³/mol. The zero-order chi connectivity index (χ0) is 41.2. The van der Waals surface area contributed by atoms with E-state index in [1.807, 2.05) is 20.8 Å². The molecule has 0 aromatic rings. The zero-order valence-electron chi connectivity index (χ0n) is 34.4. The summed E-state index contributed by atoms with van der Waals surface area (Å²) >= 11 is 0. The minimum absolute atomic E-state index is 0.0147. The van der Waals surface area contributed by atoms with E-state index in [1.54, 1.807) is 7.05 Å². The van der Waals surface area contributed by atoms with Crippen LogP contribution in [0.3, 0.4) is 0 Å². The van der Waals surface area contributed by atoms with Crippen molar-refractivity contribution >= 4 is 18.0 Å². The summed E-state index contributed by atoms with van der Waals surface area (Å²) in [5.74, 6) is -1.26. The highest BCUT2D eigenvalue weighted by atomic mass is 16.6. The van der Waals surface area contributed by atoms with Gasteiger partial charge in [-0.05, 0) is 27.2 Å². The van der Waals surface area contributed by atoms with Crippen molar-refractivity contribution in [3.05, 3.63) is 0 Å². The van der Waals surface area contributed by atoms with Crippen molar-refractivity contribution in [1.29, 1.82) is 0 Å². The molecule has 0 saturated heterocycles. The smallest absolute Gasteiger partial charge is 0.410 e. The molecule has 0 aliphatic heterocycles. The summed E-state index contributed by atoms with van der Waals surface area (Å²) in [6.45, 7) is 17.5. The maximum Gasteiger partial charge on any atom is 0.410 e. The Kier molecular flexibility index (Phi) is 39.3. The fourth-order valence-electron chi connectivity index (χ4n) is 3.86. The summed E-state index contributed by atoms with van der Waals surface area (Å²) in [6.07, 6.45) is 0.0919. The first kappa shape index (κ1) is 53.7. The molecule has 56 heavy (non-hydrogen) atoms. The van der Waals surface area contributed by atoms with E-state index in [0.29, 0.717) is 178 Å². The van der Waals surface area contributed by atoms with E-state index in [9.17, 15) is 14.4 Å².